The molecule has 21 heavy (non-hydrogen) atoms. The van der Waals surface area contributed by atoms with E-state index in [2.05, 4.69) is 15.6 Å². The average molecular weight is 311 g/mol. The second-order valence-electron chi connectivity index (χ2n) is 5.48. The van der Waals surface area contributed by atoms with Crippen molar-refractivity contribution in [3.05, 3.63) is 16.1 Å². The molecule has 2 rings (SSSR count). The third-order valence-corrected chi connectivity index (χ3v) is 4.90. The van der Waals surface area contributed by atoms with E-state index in [0.717, 1.165) is 25.7 Å². The smallest absolute Gasteiger partial charge is 0.355 e. The van der Waals surface area contributed by atoms with Gasteiger partial charge in [0.25, 0.3) is 0 Å². The fourth-order valence-corrected chi connectivity index (χ4v) is 3.49. The number of aromatic carboxylic acids is 1. The Kier molecular flexibility index (Phi) is 5.30. The fourth-order valence-electron chi connectivity index (χ4n) is 2.78. The summed E-state index contributed by atoms with van der Waals surface area (Å²) < 4.78 is 0. The molecule has 1 amide bonds. The van der Waals surface area contributed by atoms with Gasteiger partial charge in [0.1, 0.15) is 5.01 Å². The van der Waals surface area contributed by atoms with Gasteiger partial charge >= 0.3 is 5.97 Å². The average Bonchev–Trinajstić information content (AvgIpc) is 2.95. The van der Waals surface area contributed by atoms with Crippen LogP contribution in [0.1, 0.15) is 54.0 Å². The van der Waals surface area contributed by atoms with Crippen LogP contribution >= 0.6 is 11.3 Å². The number of thiazole rings is 1. The summed E-state index contributed by atoms with van der Waals surface area (Å²) >= 11 is 1.25. The zero-order valence-corrected chi connectivity index (χ0v) is 13.0. The van der Waals surface area contributed by atoms with Crippen LogP contribution in [0.25, 0.3) is 0 Å². The lowest BCUT2D eigenvalue weighted by Crippen LogP contribution is -2.48. The number of carbonyl (C=O) groups is 2. The van der Waals surface area contributed by atoms with E-state index >= 15 is 0 Å². The van der Waals surface area contributed by atoms with E-state index in [1.54, 1.807) is 0 Å². The van der Waals surface area contributed by atoms with Crippen molar-refractivity contribution in [1.82, 2.24) is 15.6 Å². The van der Waals surface area contributed by atoms with Crippen molar-refractivity contribution >= 4 is 23.2 Å². The molecule has 1 heterocycles. The predicted molar refractivity (Wildman–Crippen MR) is 80.4 cm³/mol. The Morgan fingerprint density at radius 3 is 2.67 bits per heavy atom. The Morgan fingerprint density at radius 1 is 1.38 bits per heavy atom. The minimum Gasteiger partial charge on any atom is -0.476 e. The maximum absolute atomic E-state index is 12.1. The lowest BCUT2D eigenvalue weighted by Gasteiger charge is -2.36. The summed E-state index contributed by atoms with van der Waals surface area (Å²) in [6.45, 7) is 0.288. The first-order valence-corrected chi connectivity index (χ1v) is 8.06. The van der Waals surface area contributed by atoms with Gasteiger partial charge in [-0.15, -0.1) is 11.3 Å². The van der Waals surface area contributed by atoms with Crippen LogP contribution in [0.4, 0.5) is 0 Å². The van der Waals surface area contributed by atoms with Gasteiger partial charge in [-0.3, -0.25) is 4.79 Å². The Bertz CT molecular complexity index is 509. The van der Waals surface area contributed by atoms with Gasteiger partial charge in [0.2, 0.25) is 5.91 Å². The molecule has 1 fully saturated rings. The second-order valence-corrected chi connectivity index (χ2v) is 6.42. The van der Waals surface area contributed by atoms with E-state index in [1.807, 2.05) is 7.05 Å². The summed E-state index contributed by atoms with van der Waals surface area (Å²) in [4.78, 5) is 26.8. The van der Waals surface area contributed by atoms with Gasteiger partial charge in [-0.1, -0.05) is 19.3 Å². The van der Waals surface area contributed by atoms with Crippen molar-refractivity contribution < 1.29 is 14.7 Å². The van der Waals surface area contributed by atoms with Crippen LogP contribution in [-0.4, -0.2) is 34.6 Å². The minimum absolute atomic E-state index is 0.0154. The topological polar surface area (TPSA) is 91.3 Å². The standard InChI is InChI=1S/C14H21N3O3S/c1-15-14(5-3-2-4-6-14)7-11(18)16-8-12-17-10(9-21-12)13(19)20/h9,15H,2-8H2,1H3,(H,16,18)(H,19,20). The first-order valence-electron chi connectivity index (χ1n) is 7.18. The van der Waals surface area contributed by atoms with Gasteiger partial charge in [-0.25, -0.2) is 9.78 Å². The zero-order chi connectivity index (χ0) is 15.3. The number of aromatic nitrogens is 1. The largest absolute Gasteiger partial charge is 0.476 e. The molecule has 1 aromatic heterocycles. The number of carboxylic acid groups (broad SMARTS) is 1. The van der Waals surface area contributed by atoms with Crippen LogP contribution in [0.2, 0.25) is 0 Å². The highest BCUT2D eigenvalue weighted by Crippen LogP contribution is 2.30. The van der Waals surface area contributed by atoms with Crippen molar-refractivity contribution in [3.8, 4) is 0 Å². The summed E-state index contributed by atoms with van der Waals surface area (Å²) in [5, 5.41) is 17.1. The monoisotopic (exact) mass is 311 g/mol. The van der Waals surface area contributed by atoms with E-state index in [9.17, 15) is 9.59 Å². The van der Waals surface area contributed by atoms with E-state index in [0.29, 0.717) is 11.4 Å². The number of nitrogens with zero attached hydrogens (tertiary/aromatic N) is 1. The summed E-state index contributed by atoms with van der Waals surface area (Å²) in [5.74, 6) is -1.06. The Morgan fingerprint density at radius 2 is 2.10 bits per heavy atom. The molecule has 0 atom stereocenters. The summed E-state index contributed by atoms with van der Waals surface area (Å²) in [6, 6.07) is 0. The molecule has 1 aliphatic rings. The third kappa shape index (κ3) is 4.25. The highest BCUT2D eigenvalue weighted by atomic mass is 32.1. The minimum atomic E-state index is -1.04. The Balaban J connectivity index is 1.84. The molecule has 0 bridgehead atoms. The van der Waals surface area contributed by atoms with Crippen LogP contribution in [-0.2, 0) is 11.3 Å². The van der Waals surface area contributed by atoms with Crippen LogP contribution < -0.4 is 10.6 Å². The molecule has 6 nitrogen and oxygen atoms in total. The quantitative estimate of drug-likeness (QED) is 0.745. The van der Waals surface area contributed by atoms with Crippen LogP contribution in [0.15, 0.2) is 5.38 Å². The number of carboxylic acids is 1. The normalized spacial score (nSPS) is 17.4. The van der Waals surface area contributed by atoms with Crippen molar-refractivity contribution in [1.29, 1.82) is 0 Å². The van der Waals surface area contributed by atoms with E-state index in [4.69, 9.17) is 5.11 Å². The highest BCUT2D eigenvalue weighted by Gasteiger charge is 2.32. The molecule has 1 aliphatic carbocycles. The molecular weight excluding hydrogens is 290 g/mol. The third-order valence-electron chi connectivity index (χ3n) is 4.05. The molecule has 0 saturated heterocycles. The molecule has 0 aromatic carbocycles. The summed E-state index contributed by atoms with van der Waals surface area (Å²) in [6.07, 6.45) is 6.06. The van der Waals surface area contributed by atoms with Crippen molar-refractivity contribution in [2.24, 2.45) is 0 Å². The highest BCUT2D eigenvalue weighted by molar-refractivity contribution is 7.09. The Hall–Kier alpha value is -1.47. The number of hydrogen-bond acceptors (Lipinski definition) is 5. The summed E-state index contributed by atoms with van der Waals surface area (Å²) in [7, 11) is 1.92. The second kappa shape index (κ2) is 7.00. The maximum atomic E-state index is 12.1. The SMILES string of the molecule is CNC1(CC(=O)NCc2nc(C(=O)O)cs2)CCCCC1. The van der Waals surface area contributed by atoms with E-state index in [1.165, 1.54) is 23.1 Å². The molecule has 0 radical (unpaired) electrons. The molecule has 1 aromatic rings. The van der Waals surface area contributed by atoms with Gasteiger partial charge in [-0.05, 0) is 19.9 Å². The fraction of sp³-hybridized carbons (Fsp3) is 0.643. The van der Waals surface area contributed by atoms with Crippen LogP contribution in [0.3, 0.4) is 0 Å². The lowest BCUT2D eigenvalue weighted by atomic mass is 9.79. The molecule has 0 aliphatic heterocycles. The Labute approximate surface area is 128 Å². The van der Waals surface area contributed by atoms with E-state index < -0.39 is 5.97 Å². The molecular formula is C14H21N3O3S. The first-order chi connectivity index (χ1) is 10.0. The molecule has 0 spiro atoms. The van der Waals surface area contributed by atoms with Crippen LogP contribution in [0, 0.1) is 0 Å². The zero-order valence-electron chi connectivity index (χ0n) is 12.1. The maximum Gasteiger partial charge on any atom is 0.355 e. The molecule has 7 heteroatoms. The molecule has 1 saturated carbocycles. The number of amides is 1. The number of nitrogens with one attached hydrogen (secondary N) is 2. The lowest BCUT2D eigenvalue weighted by molar-refractivity contribution is -0.123. The molecule has 3 N–H and O–H groups in total. The van der Waals surface area contributed by atoms with Gasteiger partial charge in [0, 0.05) is 17.3 Å². The van der Waals surface area contributed by atoms with Gasteiger partial charge in [-0.2, -0.15) is 0 Å². The van der Waals surface area contributed by atoms with Crippen molar-refractivity contribution in [3.63, 3.8) is 0 Å². The molecule has 116 valence electrons. The summed E-state index contributed by atoms with van der Waals surface area (Å²) in [5.41, 5.74) is -0.0551. The van der Waals surface area contributed by atoms with Crippen molar-refractivity contribution in [2.45, 2.75) is 50.6 Å². The number of rotatable bonds is 6. The first kappa shape index (κ1) is 15.9. The van der Waals surface area contributed by atoms with Gasteiger partial charge in [0.05, 0.1) is 6.54 Å². The molecule has 0 unspecified atom stereocenters. The van der Waals surface area contributed by atoms with Crippen LogP contribution in [0.5, 0.6) is 0 Å². The van der Waals surface area contributed by atoms with Gasteiger partial charge in [0.15, 0.2) is 5.69 Å². The number of hydrogen-bond donors (Lipinski definition) is 3. The van der Waals surface area contributed by atoms with Gasteiger partial charge < -0.3 is 15.7 Å². The van der Waals surface area contributed by atoms with E-state index in [-0.39, 0.29) is 23.7 Å². The predicted octanol–water partition coefficient (Wildman–Crippen LogP) is 1.77. The number of carbonyl (C=O) groups excluding carboxylic acids is 1. The van der Waals surface area contributed by atoms with Crippen molar-refractivity contribution in [2.75, 3.05) is 7.05 Å².